The van der Waals surface area contributed by atoms with Gasteiger partial charge in [0.05, 0.1) is 5.75 Å². The van der Waals surface area contributed by atoms with Crippen LogP contribution in [0.5, 0.6) is 0 Å². The third-order valence-corrected chi connectivity index (χ3v) is 3.58. The van der Waals surface area contributed by atoms with Crippen LogP contribution in [0.1, 0.15) is 25.0 Å². The van der Waals surface area contributed by atoms with E-state index in [4.69, 9.17) is 0 Å². The SMILES string of the molecule is CC(C)=CCNC(=O)NCc1ccccc1CS(C)(=O)=O. The van der Waals surface area contributed by atoms with Gasteiger partial charge < -0.3 is 10.6 Å². The fourth-order valence-corrected chi connectivity index (χ4v) is 2.59. The third kappa shape index (κ3) is 7.51. The van der Waals surface area contributed by atoms with Crippen LogP contribution < -0.4 is 10.6 Å². The summed E-state index contributed by atoms with van der Waals surface area (Å²) in [4.78, 5) is 11.6. The second-order valence-corrected chi connectivity index (χ2v) is 7.32. The van der Waals surface area contributed by atoms with Crippen molar-refractivity contribution >= 4 is 15.9 Å². The third-order valence-electron chi connectivity index (χ3n) is 2.75. The van der Waals surface area contributed by atoms with Gasteiger partial charge in [-0.1, -0.05) is 35.9 Å². The summed E-state index contributed by atoms with van der Waals surface area (Å²) < 4.78 is 22.8. The van der Waals surface area contributed by atoms with Crippen LogP contribution in [0.25, 0.3) is 0 Å². The molecule has 1 rings (SSSR count). The zero-order valence-electron chi connectivity index (χ0n) is 12.6. The lowest BCUT2D eigenvalue weighted by molar-refractivity contribution is 0.241. The molecule has 1 aromatic carbocycles. The fraction of sp³-hybridized carbons (Fsp3) is 0.400. The van der Waals surface area contributed by atoms with Crippen molar-refractivity contribution in [2.75, 3.05) is 12.8 Å². The Morgan fingerprint density at radius 1 is 1.14 bits per heavy atom. The van der Waals surface area contributed by atoms with Crippen LogP contribution in [0.3, 0.4) is 0 Å². The van der Waals surface area contributed by atoms with E-state index in [1.54, 1.807) is 12.1 Å². The molecule has 0 unspecified atom stereocenters. The molecule has 0 bridgehead atoms. The maximum absolute atomic E-state index is 11.6. The first-order chi connectivity index (χ1) is 9.78. The van der Waals surface area contributed by atoms with Crippen LogP contribution in [-0.2, 0) is 22.1 Å². The summed E-state index contributed by atoms with van der Waals surface area (Å²) in [6.45, 7) is 4.69. The molecule has 6 heteroatoms. The van der Waals surface area contributed by atoms with Gasteiger partial charge in [0.1, 0.15) is 0 Å². The lowest BCUT2D eigenvalue weighted by Crippen LogP contribution is -2.35. The lowest BCUT2D eigenvalue weighted by Gasteiger charge is -2.10. The number of carbonyl (C=O) groups is 1. The molecule has 0 aromatic heterocycles. The van der Waals surface area contributed by atoms with Crippen LogP contribution in [0.2, 0.25) is 0 Å². The van der Waals surface area contributed by atoms with Crippen molar-refractivity contribution in [2.45, 2.75) is 26.1 Å². The average molecular weight is 310 g/mol. The highest BCUT2D eigenvalue weighted by molar-refractivity contribution is 7.89. The molecule has 0 atom stereocenters. The second kappa shape index (κ2) is 7.83. The first-order valence-electron chi connectivity index (χ1n) is 6.67. The number of amides is 2. The van der Waals surface area contributed by atoms with Crippen molar-refractivity contribution in [3.63, 3.8) is 0 Å². The lowest BCUT2D eigenvalue weighted by atomic mass is 10.1. The van der Waals surface area contributed by atoms with Gasteiger partial charge in [0.15, 0.2) is 9.84 Å². The molecule has 0 heterocycles. The molecule has 0 spiro atoms. The maximum Gasteiger partial charge on any atom is 0.315 e. The van der Waals surface area contributed by atoms with Crippen molar-refractivity contribution in [3.8, 4) is 0 Å². The molecule has 0 saturated heterocycles. The molecule has 0 aliphatic rings. The van der Waals surface area contributed by atoms with Gasteiger partial charge in [0, 0.05) is 19.3 Å². The van der Waals surface area contributed by atoms with E-state index in [-0.39, 0.29) is 11.8 Å². The molecule has 2 N–H and O–H groups in total. The second-order valence-electron chi connectivity index (χ2n) is 5.18. The normalized spacial score (nSPS) is 10.8. The largest absolute Gasteiger partial charge is 0.335 e. The van der Waals surface area contributed by atoms with E-state index >= 15 is 0 Å². The molecule has 21 heavy (non-hydrogen) atoms. The highest BCUT2D eigenvalue weighted by atomic mass is 32.2. The Bertz CT molecular complexity index is 618. The topological polar surface area (TPSA) is 75.3 Å². The van der Waals surface area contributed by atoms with E-state index in [9.17, 15) is 13.2 Å². The summed E-state index contributed by atoms with van der Waals surface area (Å²) in [5, 5.41) is 5.43. The van der Waals surface area contributed by atoms with E-state index in [0.29, 0.717) is 18.7 Å². The van der Waals surface area contributed by atoms with Crippen molar-refractivity contribution in [3.05, 3.63) is 47.0 Å². The van der Waals surface area contributed by atoms with E-state index in [1.807, 2.05) is 32.1 Å². The zero-order chi connectivity index (χ0) is 15.9. The average Bonchev–Trinajstić information content (AvgIpc) is 2.35. The van der Waals surface area contributed by atoms with E-state index in [1.165, 1.54) is 6.26 Å². The highest BCUT2D eigenvalue weighted by Crippen LogP contribution is 2.11. The molecule has 2 amide bonds. The van der Waals surface area contributed by atoms with Crippen LogP contribution in [-0.4, -0.2) is 27.2 Å². The molecular weight excluding hydrogens is 288 g/mol. The minimum atomic E-state index is -3.10. The van der Waals surface area contributed by atoms with Gasteiger partial charge in [0.2, 0.25) is 0 Å². The summed E-state index contributed by atoms with van der Waals surface area (Å²) in [5.74, 6) is -0.0236. The van der Waals surface area contributed by atoms with Gasteiger partial charge >= 0.3 is 6.03 Å². The molecule has 0 aliphatic heterocycles. The van der Waals surface area contributed by atoms with Crippen LogP contribution in [0.4, 0.5) is 4.79 Å². The molecule has 0 radical (unpaired) electrons. The Balaban J connectivity index is 2.59. The number of hydrogen-bond donors (Lipinski definition) is 2. The van der Waals surface area contributed by atoms with E-state index in [0.717, 1.165) is 11.1 Å². The van der Waals surface area contributed by atoms with Gasteiger partial charge in [-0.3, -0.25) is 0 Å². The summed E-state index contributed by atoms with van der Waals surface area (Å²) in [6.07, 6.45) is 3.11. The number of nitrogens with one attached hydrogen (secondary N) is 2. The van der Waals surface area contributed by atoms with E-state index in [2.05, 4.69) is 10.6 Å². The van der Waals surface area contributed by atoms with Crippen LogP contribution >= 0.6 is 0 Å². The van der Waals surface area contributed by atoms with Crippen LogP contribution in [0.15, 0.2) is 35.9 Å². The molecule has 1 aromatic rings. The molecule has 116 valence electrons. The first-order valence-corrected chi connectivity index (χ1v) is 8.73. The molecule has 0 saturated carbocycles. The van der Waals surface area contributed by atoms with Gasteiger partial charge in [-0.15, -0.1) is 0 Å². The van der Waals surface area contributed by atoms with Gasteiger partial charge in [-0.2, -0.15) is 0 Å². The van der Waals surface area contributed by atoms with Crippen LogP contribution in [0, 0.1) is 0 Å². The Labute approximate surface area is 126 Å². The summed E-state index contributed by atoms with van der Waals surface area (Å²) in [5.41, 5.74) is 2.65. The number of rotatable bonds is 6. The minimum absolute atomic E-state index is 0.0236. The minimum Gasteiger partial charge on any atom is -0.335 e. The van der Waals surface area contributed by atoms with Crippen molar-refractivity contribution in [2.24, 2.45) is 0 Å². The Morgan fingerprint density at radius 2 is 1.76 bits per heavy atom. The summed E-state index contributed by atoms with van der Waals surface area (Å²) >= 11 is 0. The predicted molar refractivity (Wildman–Crippen MR) is 84.7 cm³/mol. The summed E-state index contributed by atoms with van der Waals surface area (Å²) in [6, 6.07) is 6.92. The Kier molecular flexibility index (Phi) is 6.42. The fourth-order valence-electron chi connectivity index (χ4n) is 1.74. The smallest absolute Gasteiger partial charge is 0.315 e. The van der Waals surface area contributed by atoms with Gasteiger partial charge in [-0.25, -0.2) is 13.2 Å². The molecule has 5 nitrogen and oxygen atoms in total. The standard InChI is InChI=1S/C15H22N2O3S/c1-12(2)8-9-16-15(18)17-10-13-6-4-5-7-14(13)11-21(3,19)20/h4-8H,9-11H2,1-3H3,(H2,16,17,18). The number of allylic oxidation sites excluding steroid dienone is 1. The number of hydrogen-bond acceptors (Lipinski definition) is 3. The number of benzene rings is 1. The highest BCUT2D eigenvalue weighted by Gasteiger charge is 2.09. The summed E-state index contributed by atoms with van der Waals surface area (Å²) in [7, 11) is -3.10. The van der Waals surface area contributed by atoms with Crippen molar-refractivity contribution < 1.29 is 13.2 Å². The van der Waals surface area contributed by atoms with Crippen molar-refractivity contribution in [1.29, 1.82) is 0 Å². The first kappa shape index (κ1) is 17.2. The predicted octanol–water partition coefficient (Wildman–Crippen LogP) is 2.00. The Hall–Kier alpha value is -1.82. The zero-order valence-corrected chi connectivity index (χ0v) is 13.5. The number of urea groups is 1. The number of carbonyl (C=O) groups excluding carboxylic acids is 1. The number of sulfone groups is 1. The van der Waals surface area contributed by atoms with Crippen molar-refractivity contribution in [1.82, 2.24) is 10.6 Å². The molecule has 0 fully saturated rings. The van der Waals surface area contributed by atoms with E-state index < -0.39 is 9.84 Å². The Morgan fingerprint density at radius 3 is 2.33 bits per heavy atom. The molecular formula is C15H22N2O3S. The van der Waals surface area contributed by atoms with Gasteiger partial charge in [0.25, 0.3) is 0 Å². The quantitative estimate of drug-likeness (QED) is 0.789. The van der Waals surface area contributed by atoms with Gasteiger partial charge in [-0.05, 0) is 25.0 Å². The maximum atomic E-state index is 11.6. The molecule has 0 aliphatic carbocycles. The monoisotopic (exact) mass is 310 g/mol.